The molecule has 3 rings (SSSR count). The Labute approximate surface area is 194 Å². The number of ether oxygens (including phenoxy) is 1. The molecular weight excluding hydrogens is 428 g/mol. The van der Waals surface area contributed by atoms with Gasteiger partial charge in [-0.2, -0.15) is 0 Å². The SMILES string of the molecule is CC(C)(C)C(=O)Nc1cc(NCC2CCN(C(=O)OCc3ccccc3)CC2)c(Cl)cn1. The fourth-order valence-electron chi connectivity index (χ4n) is 3.33. The van der Waals surface area contributed by atoms with Crippen molar-refractivity contribution in [1.29, 1.82) is 0 Å². The number of aromatic nitrogens is 1. The number of nitrogens with one attached hydrogen (secondary N) is 2. The van der Waals surface area contributed by atoms with Crippen LogP contribution in [0.3, 0.4) is 0 Å². The largest absolute Gasteiger partial charge is 0.445 e. The van der Waals surface area contributed by atoms with E-state index < -0.39 is 5.41 Å². The summed E-state index contributed by atoms with van der Waals surface area (Å²) in [5, 5.41) is 6.69. The Morgan fingerprint density at radius 1 is 1.19 bits per heavy atom. The predicted molar refractivity (Wildman–Crippen MR) is 127 cm³/mol. The first-order valence-electron chi connectivity index (χ1n) is 10.9. The molecule has 32 heavy (non-hydrogen) atoms. The molecule has 172 valence electrons. The number of halogens is 1. The molecule has 1 aromatic carbocycles. The molecule has 0 saturated carbocycles. The minimum atomic E-state index is -0.509. The number of anilines is 2. The molecule has 2 amide bonds. The van der Waals surface area contributed by atoms with Gasteiger partial charge in [-0.05, 0) is 24.3 Å². The highest BCUT2D eigenvalue weighted by molar-refractivity contribution is 6.33. The lowest BCUT2D eigenvalue weighted by Gasteiger charge is -2.31. The van der Waals surface area contributed by atoms with Gasteiger partial charge in [0.1, 0.15) is 12.4 Å². The van der Waals surface area contributed by atoms with Crippen molar-refractivity contribution in [3.8, 4) is 0 Å². The van der Waals surface area contributed by atoms with E-state index in [-0.39, 0.29) is 18.6 Å². The van der Waals surface area contributed by atoms with E-state index in [0.717, 1.165) is 30.6 Å². The lowest BCUT2D eigenvalue weighted by molar-refractivity contribution is -0.123. The first-order valence-corrected chi connectivity index (χ1v) is 11.3. The van der Waals surface area contributed by atoms with Crippen LogP contribution in [0.5, 0.6) is 0 Å². The standard InChI is InChI=1S/C24H31ClN4O3/c1-24(2,3)22(30)28-21-13-20(19(25)15-27-21)26-14-17-9-11-29(12-10-17)23(31)32-16-18-7-5-4-6-8-18/h4-8,13,15,17H,9-12,14,16H2,1-3H3,(H2,26,27,28,30). The third-order valence-electron chi connectivity index (χ3n) is 5.44. The summed E-state index contributed by atoms with van der Waals surface area (Å²) in [6.45, 7) is 7.89. The molecule has 8 heteroatoms. The molecule has 7 nitrogen and oxygen atoms in total. The highest BCUT2D eigenvalue weighted by atomic mass is 35.5. The molecule has 0 spiro atoms. The highest BCUT2D eigenvalue weighted by Crippen LogP contribution is 2.26. The van der Waals surface area contributed by atoms with Crippen LogP contribution in [0.4, 0.5) is 16.3 Å². The van der Waals surface area contributed by atoms with E-state index in [1.165, 1.54) is 6.20 Å². The van der Waals surface area contributed by atoms with Crippen LogP contribution in [0.15, 0.2) is 42.6 Å². The van der Waals surface area contributed by atoms with Crippen molar-refractivity contribution < 1.29 is 14.3 Å². The van der Waals surface area contributed by atoms with E-state index in [1.54, 1.807) is 11.0 Å². The summed E-state index contributed by atoms with van der Waals surface area (Å²) in [6.07, 6.45) is 3.03. The molecule has 2 aromatic rings. The Morgan fingerprint density at radius 2 is 1.88 bits per heavy atom. The van der Waals surface area contributed by atoms with Gasteiger partial charge in [0.25, 0.3) is 0 Å². The Balaban J connectivity index is 1.45. The molecule has 0 aliphatic carbocycles. The van der Waals surface area contributed by atoms with Crippen LogP contribution in [-0.4, -0.2) is 41.5 Å². The quantitative estimate of drug-likeness (QED) is 0.623. The summed E-state index contributed by atoms with van der Waals surface area (Å²) in [7, 11) is 0. The Bertz CT molecular complexity index is 923. The predicted octanol–water partition coefficient (Wildman–Crippen LogP) is 5.18. The van der Waals surface area contributed by atoms with Gasteiger partial charge in [-0.1, -0.05) is 62.7 Å². The maximum Gasteiger partial charge on any atom is 0.410 e. The van der Waals surface area contributed by atoms with Crippen molar-refractivity contribution in [1.82, 2.24) is 9.88 Å². The number of carbonyl (C=O) groups is 2. The van der Waals surface area contributed by atoms with Crippen LogP contribution in [-0.2, 0) is 16.1 Å². The summed E-state index contributed by atoms with van der Waals surface area (Å²) in [4.78, 5) is 30.5. The van der Waals surface area contributed by atoms with Crippen molar-refractivity contribution >= 4 is 35.1 Å². The first-order chi connectivity index (χ1) is 15.2. The molecule has 1 aliphatic heterocycles. The third kappa shape index (κ3) is 6.85. The molecule has 2 heterocycles. The summed E-state index contributed by atoms with van der Waals surface area (Å²) in [5.74, 6) is 0.766. The zero-order chi connectivity index (χ0) is 23.1. The number of carbonyl (C=O) groups excluding carboxylic acids is 2. The van der Waals surface area contributed by atoms with Gasteiger partial charge < -0.3 is 20.3 Å². The van der Waals surface area contributed by atoms with Gasteiger partial charge in [-0.25, -0.2) is 9.78 Å². The summed E-state index contributed by atoms with van der Waals surface area (Å²) >= 11 is 6.28. The number of pyridine rings is 1. The number of hydrogen-bond acceptors (Lipinski definition) is 5. The summed E-state index contributed by atoms with van der Waals surface area (Å²) in [5.41, 5.74) is 1.20. The van der Waals surface area contributed by atoms with Crippen LogP contribution in [0.2, 0.25) is 5.02 Å². The monoisotopic (exact) mass is 458 g/mol. The molecule has 0 atom stereocenters. The van der Waals surface area contributed by atoms with E-state index in [1.807, 2.05) is 51.1 Å². The number of benzene rings is 1. The fourth-order valence-corrected chi connectivity index (χ4v) is 3.50. The topological polar surface area (TPSA) is 83.6 Å². The van der Waals surface area contributed by atoms with Gasteiger partial charge in [0, 0.05) is 31.1 Å². The Morgan fingerprint density at radius 3 is 2.53 bits per heavy atom. The Hall–Kier alpha value is -2.80. The molecule has 1 saturated heterocycles. The normalized spacial score (nSPS) is 14.7. The second-order valence-electron chi connectivity index (χ2n) is 9.11. The van der Waals surface area contributed by atoms with Crippen molar-refractivity contribution in [2.24, 2.45) is 11.3 Å². The van der Waals surface area contributed by atoms with Crippen LogP contribution in [0.25, 0.3) is 0 Å². The minimum Gasteiger partial charge on any atom is -0.445 e. The highest BCUT2D eigenvalue weighted by Gasteiger charge is 2.24. The van der Waals surface area contributed by atoms with Crippen molar-refractivity contribution in [3.05, 3.63) is 53.2 Å². The number of amides is 2. The van der Waals surface area contributed by atoms with Gasteiger partial charge in [-0.15, -0.1) is 0 Å². The summed E-state index contributed by atoms with van der Waals surface area (Å²) < 4.78 is 5.43. The minimum absolute atomic E-state index is 0.107. The molecule has 1 aliphatic rings. The zero-order valence-electron chi connectivity index (χ0n) is 18.9. The number of likely N-dealkylation sites (tertiary alicyclic amines) is 1. The number of piperidine rings is 1. The Kier molecular flexibility index (Phi) is 7.96. The third-order valence-corrected chi connectivity index (χ3v) is 5.74. The van der Waals surface area contributed by atoms with Gasteiger partial charge in [0.2, 0.25) is 5.91 Å². The average molecular weight is 459 g/mol. The van der Waals surface area contributed by atoms with Crippen LogP contribution >= 0.6 is 11.6 Å². The molecule has 1 fully saturated rings. The van der Waals surface area contributed by atoms with Crippen molar-refractivity contribution in [2.45, 2.75) is 40.2 Å². The van der Waals surface area contributed by atoms with E-state index in [9.17, 15) is 9.59 Å². The lowest BCUT2D eigenvalue weighted by Crippen LogP contribution is -2.40. The first kappa shape index (κ1) is 23.9. The fraction of sp³-hybridized carbons (Fsp3) is 0.458. The smallest absolute Gasteiger partial charge is 0.410 e. The number of nitrogens with zero attached hydrogens (tertiary/aromatic N) is 2. The van der Waals surface area contributed by atoms with Crippen molar-refractivity contribution in [2.75, 3.05) is 30.3 Å². The number of rotatable bonds is 6. The molecule has 0 unspecified atom stereocenters. The van der Waals surface area contributed by atoms with E-state index in [4.69, 9.17) is 16.3 Å². The van der Waals surface area contributed by atoms with E-state index in [2.05, 4.69) is 15.6 Å². The van der Waals surface area contributed by atoms with E-state index >= 15 is 0 Å². The second kappa shape index (κ2) is 10.7. The maximum atomic E-state index is 12.3. The summed E-state index contributed by atoms with van der Waals surface area (Å²) in [6, 6.07) is 11.4. The number of hydrogen-bond donors (Lipinski definition) is 2. The van der Waals surface area contributed by atoms with Crippen molar-refractivity contribution in [3.63, 3.8) is 0 Å². The molecule has 1 aromatic heterocycles. The maximum absolute atomic E-state index is 12.3. The van der Waals surface area contributed by atoms with E-state index in [0.29, 0.717) is 29.8 Å². The zero-order valence-corrected chi connectivity index (χ0v) is 19.6. The van der Waals surface area contributed by atoms with Crippen LogP contribution in [0, 0.1) is 11.3 Å². The van der Waals surface area contributed by atoms with Gasteiger partial charge in [0.05, 0.1) is 16.9 Å². The van der Waals surface area contributed by atoms with Gasteiger partial charge in [-0.3, -0.25) is 4.79 Å². The average Bonchev–Trinajstić information content (AvgIpc) is 2.78. The molecule has 2 N–H and O–H groups in total. The van der Waals surface area contributed by atoms with Gasteiger partial charge in [0.15, 0.2) is 0 Å². The molecule has 0 bridgehead atoms. The molecular formula is C24H31ClN4O3. The molecule has 0 radical (unpaired) electrons. The second-order valence-corrected chi connectivity index (χ2v) is 9.51. The van der Waals surface area contributed by atoms with Crippen LogP contribution in [0.1, 0.15) is 39.2 Å². The van der Waals surface area contributed by atoms with Gasteiger partial charge >= 0.3 is 6.09 Å². The lowest BCUT2D eigenvalue weighted by atomic mass is 9.96. The van der Waals surface area contributed by atoms with Crippen LogP contribution < -0.4 is 10.6 Å².